The van der Waals surface area contributed by atoms with Gasteiger partial charge in [0.15, 0.2) is 0 Å². The second-order valence-corrected chi connectivity index (χ2v) is 6.84. The van der Waals surface area contributed by atoms with E-state index in [1.54, 1.807) is 6.08 Å². The highest BCUT2D eigenvalue weighted by Gasteiger charge is 2.18. The molecule has 0 aliphatic heterocycles. The van der Waals surface area contributed by atoms with E-state index >= 15 is 0 Å². The number of hydrogen-bond acceptors (Lipinski definition) is 5. The zero-order chi connectivity index (χ0) is 20.2. The van der Waals surface area contributed by atoms with Gasteiger partial charge in [0.1, 0.15) is 5.71 Å². The Kier molecular flexibility index (Phi) is 5.12. The van der Waals surface area contributed by atoms with E-state index in [1.807, 2.05) is 86.7 Å². The fraction of sp³-hybridized carbons (Fsp3) is 0.0833. The van der Waals surface area contributed by atoms with Crippen molar-refractivity contribution >= 4 is 34.6 Å². The van der Waals surface area contributed by atoms with Crippen LogP contribution >= 0.6 is 0 Å². The molecule has 0 radical (unpaired) electrons. The van der Waals surface area contributed by atoms with Crippen molar-refractivity contribution in [3.05, 3.63) is 95.1 Å². The summed E-state index contributed by atoms with van der Waals surface area (Å²) in [6, 6.07) is 21.3. The summed E-state index contributed by atoms with van der Waals surface area (Å²) in [6.07, 6.45) is 3.36. The van der Waals surface area contributed by atoms with E-state index in [-0.39, 0.29) is 5.78 Å². The van der Waals surface area contributed by atoms with Crippen molar-refractivity contribution in [1.29, 1.82) is 0 Å². The number of aryl methyl sites for hydroxylation is 2. The highest BCUT2D eigenvalue weighted by atomic mass is 16.1. The zero-order valence-electron chi connectivity index (χ0n) is 16.3. The number of nitrogens with zero attached hydrogens (tertiary/aromatic N) is 3. The zero-order valence-corrected chi connectivity index (χ0v) is 16.3. The second kappa shape index (κ2) is 8.02. The number of rotatable bonds is 4. The van der Waals surface area contributed by atoms with E-state index in [4.69, 9.17) is 0 Å². The largest absolute Gasteiger partial charge is 0.287 e. The van der Waals surface area contributed by atoms with Gasteiger partial charge in [-0.3, -0.25) is 10.2 Å². The number of anilines is 1. The lowest BCUT2D eigenvalue weighted by atomic mass is 9.95. The summed E-state index contributed by atoms with van der Waals surface area (Å²) >= 11 is 0. The van der Waals surface area contributed by atoms with Crippen molar-refractivity contribution in [1.82, 2.24) is 0 Å². The minimum atomic E-state index is -0.113. The quantitative estimate of drug-likeness (QED) is 0.437. The summed E-state index contributed by atoms with van der Waals surface area (Å²) in [5.41, 5.74) is 9.70. The van der Waals surface area contributed by atoms with E-state index in [0.717, 1.165) is 39.3 Å². The van der Waals surface area contributed by atoms with Gasteiger partial charge in [-0.1, -0.05) is 48.5 Å². The van der Waals surface area contributed by atoms with Gasteiger partial charge < -0.3 is 0 Å². The van der Waals surface area contributed by atoms with Crippen molar-refractivity contribution in [3.8, 4) is 0 Å². The van der Waals surface area contributed by atoms with Crippen LogP contribution in [0.25, 0.3) is 6.08 Å². The molecular weight excluding hydrogens is 360 g/mol. The molecule has 0 unspecified atom stereocenters. The van der Waals surface area contributed by atoms with Gasteiger partial charge in [-0.25, -0.2) is 0 Å². The maximum Gasteiger partial charge on any atom is 0.206 e. The fourth-order valence-electron chi connectivity index (χ4n) is 3.09. The van der Waals surface area contributed by atoms with E-state index in [9.17, 15) is 4.79 Å². The number of azo groups is 1. The van der Waals surface area contributed by atoms with Crippen molar-refractivity contribution in [2.24, 2.45) is 15.3 Å². The number of hydrazone groups is 1. The molecule has 0 bridgehead atoms. The molecule has 0 saturated heterocycles. The molecule has 0 amide bonds. The molecule has 3 aromatic carbocycles. The average Bonchev–Trinajstić information content (AvgIpc) is 2.73. The Labute approximate surface area is 169 Å². The van der Waals surface area contributed by atoms with Crippen molar-refractivity contribution in [2.45, 2.75) is 13.8 Å². The molecular formula is C24H20N4O. The van der Waals surface area contributed by atoms with E-state index in [1.165, 1.54) is 0 Å². The molecule has 1 N–H and O–H groups in total. The van der Waals surface area contributed by atoms with Gasteiger partial charge in [0.2, 0.25) is 5.78 Å². The third-order valence-corrected chi connectivity index (χ3v) is 4.75. The maximum absolute atomic E-state index is 12.3. The maximum atomic E-state index is 12.3. The molecule has 0 spiro atoms. The number of benzene rings is 3. The summed E-state index contributed by atoms with van der Waals surface area (Å²) in [7, 11) is 0. The molecule has 5 heteroatoms. The highest BCUT2D eigenvalue weighted by molar-refractivity contribution is 6.52. The van der Waals surface area contributed by atoms with Crippen LogP contribution in [0.15, 0.2) is 88.1 Å². The number of fused-ring (bicyclic) bond motifs is 1. The Morgan fingerprint density at radius 1 is 0.793 bits per heavy atom. The number of carbonyl (C=O) groups is 1. The average molecular weight is 380 g/mol. The van der Waals surface area contributed by atoms with Gasteiger partial charge in [-0.15, -0.1) is 0 Å². The molecule has 29 heavy (non-hydrogen) atoms. The Morgan fingerprint density at radius 2 is 1.59 bits per heavy atom. The van der Waals surface area contributed by atoms with Crippen LogP contribution in [-0.4, -0.2) is 11.5 Å². The molecule has 3 aromatic rings. The SMILES string of the molecule is Cc1ccccc1N=Nc1ccc(NN=C2C(=O)C=Cc3ccccc32)c(C)c1. The molecule has 0 fully saturated rings. The lowest BCUT2D eigenvalue weighted by Crippen LogP contribution is -2.19. The number of allylic oxidation sites excluding steroid dienone is 1. The third-order valence-electron chi connectivity index (χ3n) is 4.75. The van der Waals surface area contributed by atoms with Gasteiger partial charge in [-0.2, -0.15) is 15.3 Å². The molecule has 4 rings (SSSR count). The predicted molar refractivity (Wildman–Crippen MR) is 117 cm³/mol. The first-order chi connectivity index (χ1) is 14.1. The van der Waals surface area contributed by atoms with E-state index in [0.29, 0.717) is 5.71 Å². The number of nitrogens with one attached hydrogen (secondary N) is 1. The standard InChI is InChI=1S/C24H20N4O/c1-16-7-3-6-10-21(16)26-25-19-12-13-22(17(2)15-19)27-28-24-20-9-5-4-8-18(20)11-14-23(24)29/h3-15,27H,1-2H3. The second-order valence-electron chi connectivity index (χ2n) is 6.84. The van der Waals surface area contributed by atoms with E-state index < -0.39 is 0 Å². The molecule has 0 heterocycles. The van der Waals surface area contributed by atoms with Crippen LogP contribution < -0.4 is 5.43 Å². The first-order valence-electron chi connectivity index (χ1n) is 9.35. The minimum absolute atomic E-state index is 0.113. The number of carbonyl (C=O) groups excluding carboxylic acids is 1. The van der Waals surface area contributed by atoms with Gasteiger partial charge >= 0.3 is 0 Å². The van der Waals surface area contributed by atoms with Gasteiger partial charge in [0, 0.05) is 5.56 Å². The molecule has 0 saturated carbocycles. The third kappa shape index (κ3) is 4.04. The first-order valence-corrected chi connectivity index (χ1v) is 9.35. The minimum Gasteiger partial charge on any atom is -0.287 e. The smallest absolute Gasteiger partial charge is 0.206 e. The molecule has 1 aliphatic rings. The van der Waals surface area contributed by atoms with Gasteiger partial charge in [0.25, 0.3) is 0 Å². The van der Waals surface area contributed by atoms with Crippen LogP contribution in [0.4, 0.5) is 17.1 Å². The lowest BCUT2D eigenvalue weighted by Gasteiger charge is -2.13. The van der Waals surface area contributed by atoms with Crippen LogP contribution in [0.5, 0.6) is 0 Å². The first kappa shape index (κ1) is 18.5. The molecule has 0 aromatic heterocycles. The number of ketones is 1. The Hall–Kier alpha value is -3.86. The lowest BCUT2D eigenvalue weighted by molar-refractivity contribution is -0.108. The van der Waals surface area contributed by atoms with E-state index in [2.05, 4.69) is 20.8 Å². The predicted octanol–water partition coefficient (Wildman–Crippen LogP) is 6.13. The van der Waals surface area contributed by atoms with Gasteiger partial charge in [0.05, 0.1) is 17.1 Å². The molecule has 5 nitrogen and oxygen atoms in total. The van der Waals surface area contributed by atoms with Crippen LogP contribution in [-0.2, 0) is 4.79 Å². The van der Waals surface area contributed by atoms with Crippen LogP contribution in [0.3, 0.4) is 0 Å². The Balaban J connectivity index is 1.55. The monoisotopic (exact) mass is 380 g/mol. The summed E-state index contributed by atoms with van der Waals surface area (Å²) < 4.78 is 0. The molecule has 0 atom stereocenters. The fourth-order valence-corrected chi connectivity index (χ4v) is 3.09. The summed E-state index contributed by atoms with van der Waals surface area (Å²) in [4.78, 5) is 12.3. The molecule has 1 aliphatic carbocycles. The summed E-state index contributed by atoms with van der Waals surface area (Å²) in [6.45, 7) is 3.97. The molecule has 142 valence electrons. The summed E-state index contributed by atoms with van der Waals surface area (Å²) in [5.74, 6) is -0.113. The Bertz CT molecular complexity index is 1180. The van der Waals surface area contributed by atoms with Crippen molar-refractivity contribution < 1.29 is 4.79 Å². The summed E-state index contributed by atoms with van der Waals surface area (Å²) in [5, 5.41) is 13.0. The highest BCUT2D eigenvalue weighted by Crippen LogP contribution is 2.26. The van der Waals surface area contributed by atoms with Crippen molar-refractivity contribution in [3.63, 3.8) is 0 Å². The van der Waals surface area contributed by atoms with Crippen LogP contribution in [0, 0.1) is 13.8 Å². The number of hydrogen-bond donors (Lipinski definition) is 1. The topological polar surface area (TPSA) is 66.2 Å². The Morgan fingerprint density at radius 3 is 2.41 bits per heavy atom. The van der Waals surface area contributed by atoms with Crippen LogP contribution in [0.2, 0.25) is 0 Å². The van der Waals surface area contributed by atoms with Gasteiger partial charge in [-0.05, 0) is 60.9 Å². The normalized spacial score (nSPS) is 14.4. The van der Waals surface area contributed by atoms with Crippen molar-refractivity contribution in [2.75, 3.05) is 5.43 Å². The van der Waals surface area contributed by atoms with Crippen LogP contribution in [0.1, 0.15) is 22.3 Å².